The fourth-order valence-electron chi connectivity index (χ4n) is 1.11. The molecule has 0 unspecified atom stereocenters. The van der Waals surface area contributed by atoms with E-state index < -0.39 is 6.43 Å². The van der Waals surface area contributed by atoms with Gasteiger partial charge in [-0.15, -0.1) is 0 Å². The number of carbonyl (C=O) groups is 1. The van der Waals surface area contributed by atoms with Gasteiger partial charge in [0.05, 0.1) is 0 Å². The zero-order valence-electron chi connectivity index (χ0n) is 8.04. The van der Waals surface area contributed by atoms with Crippen LogP contribution in [0.5, 0.6) is 0 Å². The largest absolute Gasteiger partial charge is 0.330 e. The van der Waals surface area contributed by atoms with Crippen LogP contribution in [0.1, 0.15) is 18.4 Å². The van der Waals surface area contributed by atoms with E-state index in [2.05, 4.69) is 5.32 Å². The third-order valence-electron chi connectivity index (χ3n) is 1.79. The van der Waals surface area contributed by atoms with Gasteiger partial charge in [0.25, 0.3) is 6.43 Å². The van der Waals surface area contributed by atoms with Crippen molar-refractivity contribution in [2.24, 2.45) is 5.73 Å². The lowest BCUT2D eigenvalue weighted by atomic mass is 10.2. The second kappa shape index (κ2) is 5.41. The smallest absolute Gasteiger partial charge is 0.263 e. The van der Waals surface area contributed by atoms with Gasteiger partial charge in [-0.2, -0.15) is 0 Å². The number of nitrogens with two attached hydrogens (primary N) is 1. The Morgan fingerprint density at radius 1 is 1.47 bits per heavy atom. The Bertz CT molecular complexity index is 342. The minimum atomic E-state index is -2.53. The number of anilines is 1. The summed E-state index contributed by atoms with van der Waals surface area (Å²) < 4.78 is 24.6. The maximum atomic E-state index is 12.3. The number of halogens is 2. The van der Waals surface area contributed by atoms with Crippen LogP contribution in [0, 0.1) is 0 Å². The van der Waals surface area contributed by atoms with Gasteiger partial charge in [0.15, 0.2) is 0 Å². The first-order valence-corrected chi connectivity index (χ1v) is 4.51. The highest BCUT2D eigenvalue weighted by atomic mass is 19.3. The van der Waals surface area contributed by atoms with E-state index in [4.69, 9.17) is 5.73 Å². The lowest BCUT2D eigenvalue weighted by Crippen LogP contribution is -2.16. The van der Waals surface area contributed by atoms with E-state index in [1.807, 2.05) is 0 Å². The highest BCUT2D eigenvalue weighted by Gasteiger charge is 2.08. The molecule has 0 aliphatic carbocycles. The van der Waals surface area contributed by atoms with Gasteiger partial charge in [-0.05, 0) is 12.1 Å². The molecule has 82 valence electrons. The van der Waals surface area contributed by atoms with Gasteiger partial charge in [-0.1, -0.05) is 12.1 Å². The molecule has 1 aromatic rings. The predicted octanol–water partition coefficient (Wildman–Crippen LogP) is 1.91. The van der Waals surface area contributed by atoms with Crippen LogP contribution in [0.15, 0.2) is 24.3 Å². The van der Waals surface area contributed by atoms with E-state index in [1.165, 1.54) is 18.2 Å². The summed E-state index contributed by atoms with van der Waals surface area (Å²) in [6, 6.07) is 5.59. The molecule has 0 atom stereocenters. The molecule has 3 N–H and O–H groups in total. The molecule has 15 heavy (non-hydrogen) atoms. The summed E-state index contributed by atoms with van der Waals surface area (Å²) in [7, 11) is 0. The number of hydrogen-bond donors (Lipinski definition) is 2. The number of rotatable bonds is 4. The van der Waals surface area contributed by atoms with Crippen LogP contribution < -0.4 is 11.1 Å². The Hall–Kier alpha value is -1.49. The zero-order chi connectivity index (χ0) is 11.3. The monoisotopic (exact) mass is 214 g/mol. The topological polar surface area (TPSA) is 55.1 Å². The van der Waals surface area contributed by atoms with Crippen molar-refractivity contribution in [1.82, 2.24) is 0 Å². The molecule has 0 spiro atoms. The van der Waals surface area contributed by atoms with Crippen LogP contribution in [0.3, 0.4) is 0 Å². The van der Waals surface area contributed by atoms with E-state index in [9.17, 15) is 13.6 Å². The van der Waals surface area contributed by atoms with Crippen molar-refractivity contribution in [3.8, 4) is 0 Å². The van der Waals surface area contributed by atoms with Gasteiger partial charge < -0.3 is 11.1 Å². The second-order valence-electron chi connectivity index (χ2n) is 3.01. The van der Waals surface area contributed by atoms with Crippen LogP contribution in [-0.4, -0.2) is 12.5 Å². The minimum absolute atomic E-state index is 0.111. The van der Waals surface area contributed by atoms with Crippen molar-refractivity contribution < 1.29 is 13.6 Å². The summed E-state index contributed by atoms with van der Waals surface area (Å²) in [5, 5.41) is 2.49. The fourth-order valence-corrected chi connectivity index (χ4v) is 1.11. The summed E-state index contributed by atoms with van der Waals surface area (Å²) in [6.45, 7) is 0.236. The molecule has 0 fully saturated rings. The molecule has 0 heterocycles. The molecule has 1 rings (SSSR count). The molecule has 0 saturated heterocycles. The van der Waals surface area contributed by atoms with Gasteiger partial charge >= 0.3 is 0 Å². The lowest BCUT2D eigenvalue weighted by molar-refractivity contribution is -0.116. The molecular formula is C10H12F2N2O. The highest BCUT2D eigenvalue weighted by molar-refractivity contribution is 5.90. The number of carbonyl (C=O) groups excluding carboxylic acids is 1. The molecule has 1 amide bonds. The maximum absolute atomic E-state index is 12.3. The SMILES string of the molecule is NCCC(=O)Nc1cccc(C(F)F)c1. The summed E-state index contributed by atoms with van der Waals surface area (Å²) in [5.41, 5.74) is 5.44. The average molecular weight is 214 g/mol. The number of nitrogens with one attached hydrogen (secondary N) is 1. The van der Waals surface area contributed by atoms with Gasteiger partial charge in [0.2, 0.25) is 5.91 Å². The molecule has 3 nitrogen and oxygen atoms in total. The predicted molar refractivity (Wildman–Crippen MR) is 53.7 cm³/mol. The number of hydrogen-bond acceptors (Lipinski definition) is 2. The van der Waals surface area contributed by atoms with E-state index in [0.717, 1.165) is 0 Å². The Balaban J connectivity index is 2.69. The highest BCUT2D eigenvalue weighted by Crippen LogP contribution is 2.21. The first-order valence-electron chi connectivity index (χ1n) is 4.51. The Kier molecular flexibility index (Phi) is 4.17. The van der Waals surface area contributed by atoms with Gasteiger partial charge in [0.1, 0.15) is 0 Å². The zero-order valence-corrected chi connectivity index (χ0v) is 8.04. The summed E-state index contributed by atoms with van der Waals surface area (Å²) in [5.74, 6) is -0.274. The van der Waals surface area contributed by atoms with Crippen molar-refractivity contribution in [3.63, 3.8) is 0 Å². The maximum Gasteiger partial charge on any atom is 0.263 e. The molecule has 0 aliphatic rings. The normalized spacial score (nSPS) is 10.4. The molecule has 0 aromatic heterocycles. The van der Waals surface area contributed by atoms with E-state index in [1.54, 1.807) is 6.07 Å². The Morgan fingerprint density at radius 3 is 2.80 bits per heavy atom. The molecule has 1 aromatic carbocycles. The van der Waals surface area contributed by atoms with Crippen LogP contribution in [-0.2, 0) is 4.79 Å². The quantitative estimate of drug-likeness (QED) is 0.804. The van der Waals surface area contributed by atoms with Gasteiger partial charge in [-0.3, -0.25) is 4.79 Å². The molecular weight excluding hydrogens is 202 g/mol. The van der Waals surface area contributed by atoms with Crippen molar-refractivity contribution in [2.75, 3.05) is 11.9 Å². The molecule has 0 saturated carbocycles. The number of benzene rings is 1. The van der Waals surface area contributed by atoms with E-state index >= 15 is 0 Å². The first kappa shape index (κ1) is 11.6. The van der Waals surface area contributed by atoms with Gasteiger partial charge in [0, 0.05) is 24.2 Å². The summed E-state index contributed by atoms with van der Waals surface area (Å²) in [4.78, 5) is 11.1. The van der Waals surface area contributed by atoms with Crippen molar-refractivity contribution in [1.29, 1.82) is 0 Å². The molecule has 0 radical (unpaired) electrons. The third kappa shape index (κ3) is 3.63. The molecule has 5 heteroatoms. The van der Waals surface area contributed by atoms with E-state index in [0.29, 0.717) is 5.69 Å². The average Bonchev–Trinajstić information content (AvgIpc) is 2.18. The standard InChI is InChI=1S/C10H12F2N2O/c11-10(12)7-2-1-3-8(6-7)14-9(15)4-5-13/h1-3,6,10H,4-5,13H2,(H,14,15). The summed E-state index contributed by atoms with van der Waals surface area (Å²) >= 11 is 0. The Labute approximate surface area is 86.3 Å². The van der Waals surface area contributed by atoms with Crippen molar-refractivity contribution in [3.05, 3.63) is 29.8 Å². The van der Waals surface area contributed by atoms with E-state index in [-0.39, 0.29) is 24.4 Å². The second-order valence-corrected chi connectivity index (χ2v) is 3.01. The molecule has 0 aliphatic heterocycles. The van der Waals surface area contributed by atoms with Gasteiger partial charge in [-0.25, -0.2) is 8.78 Å². The van der Waals surface area contributed by atoms with Crippen LogP contribution in [0.2, 0.25) is 0 Å². The van der Waals surface area contributed by atoms with Crippen LogP contribution in [0.4, 0.5) is 14.5 Å². The summed E-state index contributed by atoms with van der Waals surface area (Å²) in [6.07, 6.45) is -2.35. The lowest BCUT2D eigenvalue weighted by Gasteiger charge is -2.06. The first-order chi connectivity index (χ1) is 7.13. The minimum Gasteiger partial charge on any atom is -0.330 e. The van der Waals surface area contributed by atoms with Crippen molar-refractivity contribution in [2.45, 2.75) is 12.8 Å². The number of amides is 1. The Morgan fingerprint density at radius 2 is 2.20 bits per heavy atom. The van der Waals surface area contributed by atoms with Crippen molar-refractivity contribution >= 4 is 11.6 Å². The fraction of sp³-hybridized carbons (Fsp3) is 0.300. The third-order valence-corrected chi connectivity index (χ3v) is 1.79. The van der Waals surface area contributed by atoms with Crippen LogP contribution in [0.25, 0.3) is 0 Å². The van der Waals surface area contributed by atoms with Crippen LogP contribution >= 0.6 is 0 Å². The molecule has 0 bridgehead atoms. The number of alkyl halides is 2.